The first-order valence-corrected chi connectivity index (χ1v) is 9.83. The highest BCUT2D eigenvalue weighted by Gasteiger charge is 2.28. The number of rotatable bonds is 5. The van der Waals surface area contributed by atoms with Gasteiger partial charge in [0.1, 0.15) is 5.56 Å². The van der Waals surface area contributed by atoms with Crippen molar-refractivity contribution >= 4 is 11.8 Å². The normalized spacial score (nSPS) is 18.4. The van der Waals surface area contributed by atoms with Gasteiger partial charge in [0, 0.05) is 43.6 Å². The van der Waals surface area contributed by atoms with Crippen molar-refractivity contribution < 1.29 is 9.59 Å². The Kier molecular flexibility index (Phi) is 5.23. The number of H-pyrrole nitrogens is 1. The minimum Gasteiger partial charge on any atom is -0.352 e. The lowest BCUT2D eigenvalue weighted by Crippen LogP contribution is -2.43. The van der Waals surface area contributed by atoms with E-state index < -0.39 is 0 Å². The first-order chi connectivity index (χ1) is 13.6. The minimum atomic E-state index is -0.333. The van der Waals surface area contributed by atoms with Gasteiger partial charge in [-0.1, -0.05) is 0 Å². The second-order valence-electron chi connectivity index (χ2n) is 7.57. The number of fused-ring (bicyclic) bond motifs is 1. The summed E-state index contributed by atoms with van der Waals surface area (Å²) in [6, 6.07) is 5.38. The first-order valence-electron chi connectivity index (χ1n) is 9.83. The van der Waals surface area contributed by atoms with Crippen LogP contribution in [0, 0.1) is 0 Å². The van der Waals surface area contributed by atoms with E-state index in [-0.39, 0.29) is 29.0 Å². The Balaban J connectivity index is 1.62. The van der Waals surface area contributed by atoms with Gasteiger partial charge in [-0.2, -0.15) is 0 Å². The van der Waals surface area contributed by atoms with Crippen molar-refractivity contribution in [3.8, 4) is 0 Å². The van der Waals surface area contributed by atoms with Gasteiger partial charge in [-0.15, -0.1) is 0 Å². The van der Waals surface area contributed by atoms with Gasteiger partial charge in [-0.3, -0.25) is 19.4 Å². The molecule has 1 aliphatic carbocycles. The van der Waals surface area contributed by atoms with Crippen LogP contribution >= 0.6 is 0 Å². The number of carbonyl (C=O) groups excluding carboxylic acids is 2. The Bertz CT molecular complexity index is 938. The number of hydrogen-bond donors (Lipinski definition) is 2. The smallest absolute Gasteiger partial charge is 0.261 e. The summed E-state index contributed by atoms with van der Waals surface area (Å²) in [5.74, 6) is -0.291. The monoisotopic (exact) mass is 380 g/mol. The predicted molar refractivity (Wildman–Crippen MR) is 104 cm³/mol. The van der Waals surface area contributed by atoms with Crippen molar-refractivity contribution in [1.29, 1.82) is 0 Å². The van der Waals surface area contributed by atoms with E-state index in [1.807, 2.05) is 12.1 Å². The van der Waals surface area contributed by atoms with Crippen LogP contribution in [0.15, 0.2) is 35.4 Å². The molecule has 3 heterocycles. The van der Waals surface area contributed by atoms with E-state index in [1.54, 1.807) is 23.4 Å². The summed E-state index contributed by atoms with van der Waals surface area (Å²) in [6.07, 6.45) is 8.40. The van der Waals surface area contributed by atoms with Crippen molar-refractivity contribution in [3.63, 3.8) is 0 Å². The Morgan fingerprint density at radius 3 is 2.68 bits per heavy atom. The van der Waals surface area contributed by atoms with Crippen LogP contribution in [0.3, 0.4) is 0 Å². The largest absolute Gasteiger partial charge is 0.352 e. The molecule has 1 saturated heterocycles. The van der Waals surface area contributed by atoms with Crippen LogP contribution in [-0.4, -0.2) is 39.3 Å². The third kappa shape index (κ3) is 3.98. The highest BCUT2D eigenvalue weighted by molar-refractivity contribution is 5.94. The van der Waals surface area contributed by atoms with Crippen molar-refractivity contribution in [2.24, 2.45) is 0 Å². The Hall–Kier alpha value is -2.96. The van der Waals surface area contributed by atoms with Crippen LogP contribution in [-0.2, 0) is 24.2 Å². The lowest BCUT2D eigenvalue weighted by atomic mass is 9.95. The zero-order chi connectivity index (χ0) is 19.5. The number of pyridine rings is 2. The highest BCUT2D eigenvalue weighted by Crippen LogP contribution is 2.20. The van der Waals surface area contributed by atoms with Crippen molar-refractivity contribution in [1.82, 2.24) is 20.2 Å². The van der Waals surface area contributed by atoms with Gasteiger partial charge in [-0.25, -0.2) is 0 Å². The summed E-state index contributed by atoms with van der Waals surface area (Å²) >= 11 is 0. The zero-order valence-electron chi connectivity index (χ0n) is 15.7. The highest BCUT2D eigenvalue weighted by atomic mass is 16.2. The predicted octanol–water partition coefficient (Wildman–Crippen LogP) is 1.57. The summed E-state index contributed by atoms with van der Waals surface area (Å²) in [6.45, 7) is 0.744. The van der Waals surface area contributed by atoms with Gasteiger partial charge in [0.2, 0.25) is 5.91 Å². The molecule has 0 unspecified atom stereocenters. The van der Waals surface area contributed by atoms with E-state index in [1.165, 1.54) is 0 Å². The number of aryl methyl sites for hydroxylation is 2. The van der Waals surface area contributed by atoms with Crippen LogP contribution in [0.4, 0.5) is 0 Å². The van der Waals surface area contributed by atoms with Gasteiger partial charge in [0.15, 0.2) is 0 Å². The third-order valence-corrected chi connectivity index (χ3v) is 5.50. The molecule has 1 aliphatic heterocycles. The molecule has 1 atom stereocenters. The number of nitrogens with zero attached hydrogens (tertiary/aromatic N) is 2. The molecule has 0 radical (unpaired) electrons. The average molecular weight is 380 g/mol. The molecule has 28 heavy (non-hydrogen) atoms. The van der Waals surface area contributed by atoms with Crippen LogP contribution in [0.5, 0.6) is 0 Å². The van der Waals surface area contributed by atoms with Crippen molar-refractivity contribution in [3.05, 3.63) is 63.3 Å². The number of hydrogen-bond acceptors (Lipinski definition) is 4. The molecule has 2 aliphatic rings. The van der Waals surface area contributed by atoms with Crippen LogP contribution in [0.2, 0.25) is 0 Å². The number of aromatic nitrogens is 2. The molecular formula is C21H24N4O3. The summed E-state index contributed by atoms with van der Waals surface area (Å²) in [7, 11) is 0. The second kappa shape index (κ2) is 7.96. The van der Waals surface area contributed by atoms with Gasteiger partial charge in [0.25, 0.3) is 11.5 Å². The molecule has 146 valence electrons. The quantitative estimate of drug-likeness (QED) is 0.823. The first kappa shape index (κ1) is 18.4. The molecular weight excluding hydrogens is 356 g/mol. The molecule has 4 rings (SSSR count). The van der Waals surface area contributed by atoms with Crippen molar-refractivity contribution in [2.75, 3.05) is 6.54 Å². The summed E-state index contributed by atoms with van der Waals surface area (Å²) in [5.41, 5.74) is 2.80. The number of aromatic amines is 1. The Morgan fingerprint density at radius 2 is 1.93 bits per heavy atom. The fourth-order valence-corrected chi connectivity index (χ4v) is 4.01. The van der Waals surface area contributed by atoms with Gasteiger partial charge < -0.3 is 15.2 Å². The van der Waals surface area contributed by atoms with Crippen molar-refractivity contribution in [2.45, 2.75) is 51.1 Å². The average Bonchev–Trinajstić information content (AvgIpc) is 3.12. The van der Waals surface area contributed by atoms with E-state index in [4.69, 9.17) is 0 Å². The third-order valence-electron chi connectivity index (χ3n) is 5.50. The second-order valence-corrected chi connectivity index (χ2v) is 7.57. The van der Waals surface area contributed by atoms with Crippen LogP contribution in [0.25, 0.3) is 0 Å². The topological polar surface area (TPSA) is 95.2 Å². The van der Waals surface area contributed by atoms with E-state index in [2.05, 4.69) is 15.3 Å². The minimum absolute atomic E-state index is 0.00735. The van der Waals surface area contributed by atoms with Crippen LogP contribution in [0.1, 0.15) is 52.9 Å². The SMILES string of the molecule is O=C1CC[C@@H](CN(Cc2ccncc2)C(=O)c2cc3c([nH]c2=O)CCCC3)N1. The molecule has 2 amide bonds. The summed E-state index contributed by atoms with van der Waals surface area (Å²) in [5, 5.41) is 2.91. The maximum absolute atomic E-state index is 13.3. The summed E-state index contributed by atoms with van der Waals surface area (Å²) in [4.78, 5) is 46.1. The van der Waals surface area contributed by atoms with Gasteiger partial charge in [-0.05, 0) is 61.4 Å². The molecule has 1 fully saturated rings. The summed E-state index contributed by atoms with van der Waals surface area (Å²) < 4.78 is 0. The molecule has 0 aromatic carbocycles. The number of carbonyl (C=O) groups is 2. The van der Waals surface area contributed by atoms with E-state index >= 15 is 0 Å². The molecule has 2 aromatic rings. The van der Waals surface area contributed by atoms with E-state index in [9.17, 15) is 14.4 Å². The van der Waals surface area contributed by atoms with Gasteiger partial charge in [0.05, 0.1) is 0 Å². The molecule has 0 bridgehead atoms. The van der Waals surface area contributed by atoms with Crippen LogP contribution < -0.4 is 10.9 Å². The maximum atomic E-state index is 13.3. The Morgan fingerprint density at radius 1 is 1.14 bits per heavy atom. The van der Waals surface area contributed by atoms with E-state index in [0.29, 0.717) is 25.9 Å². The van der Waals surface area contributed by atoms with Gasteiger partial charge >= 0.3 is 0 Å². The molecule has 0 spiro atoms. The fourth-order valence-electron chi connectivity index (χ4n) is 4.01. The Labute approximate surface area is 163 Å². The maximum Gasteiger partial charge on any atom is 0.261 e. The molecule has 7 nitrogen and oxygen atoms in total. The molecule has 0 saturated carbocycles. The number of nitrogens with one attached hydrogen (secondary N) is 2. The standard InChI is InChI=1S/C21H24N4O3/c26-19-6-5-16(23-19)13-25(12-14-7-9-22-10-8-14)21(28)17-11-15-3-1-2-4-18(15)24-20(17)27/h7-11,16H,1-6,12-13H2,(H,23,26)(H,24,27)/t16-/m0/s1. The molecule has 7 heteroatoms. The fraction of sp³-hybridized carbons (Fsp3) is 0.429. The lowest BCUT2D eigenvalue weighted by molar-refractivity contribution is -0.119. The lowest BCUT2D eigenvalue weighted by Gasteiger charge is -2.26. The molecule has 2 aromatic heterocycles. The van der Waals surface area contributed by atoms with E-state index in [0.717, 1.165) is 42.5 Å². The number of amides is 2. The molecule has 2 N–H and O–H groups in total. The zero-order valence-corrected chi connectivity index (χ0v) is 15.7.